The van der Waals surface area contributed by atoms with Gasteiger partial charge in [-0.25, -0.2) is 13.6 Å². The quantitative estimate of drug-likeness (QED) is 0.491. The van der Waals surface area contributed by atoms with Crippen molar-refractivity contribution in [2.45, 2.75) is 41.8 Å². The van der Waals surface area contributed by atoms with Gasteiger partial charge < -0.3 is 15.6 Å². The van der Waals surface area contributed by atoms with Crippen LogP contribution in [-0.2, 0) is 26.0 Å². The topological polar surface area (TPSA) is 163 Å². The number of nitrogens with zero attached hydrogens (tertiary/aromatic N) is 3. The van der Waals surface area contributed by atoms with Crippen LogP contribution in [-0.4, -0.2) is 40.7 Å². The van der Waals surface area contributed by atoms with Crippen LogP contribution < -0.4 is 16.2 Å². The van der Waals surface area contributed by atoms with Gasteiger partial charge in [-0.2, -0.15) is 0 Å². The number of benzene rings is 1. The molecule has 1 aromatic carbocycles. The van der Waals surface area contributed by atoms with Crippen molar-refractivity contribution < 1.29 is 18.0 Å². The van der Waals surface area contributed by atoms with E-state index in [1.165, 1.54) is 36.0 Å². The maximum Gasteiger partial charge on any atom is 0.238 e. The van der Waals surface area contributed by atoms with Gasteiger partial charge >= 0.3 is 0 Å². The Morgan fingerprint density at radius 3 is 2.46 bits per heavy atom. The number of amides is 2. The van der Waals surface area contributed by atoms with Crippen LogP contribution in [0.15, 0.2) is 34.3 Å². The van der Waals surface area contributed by atoms with Gasteiger partial charge in [0.1, 0.15) is 5.82 Å². The molecule has 1 aromatic heterocycles. The number of carbonyl (C=O) groups excluding carboxylic acids is 2. The molecule has 1 aliphatic rings. The highest BCUT2D eigenvalue weighted by Gasteiger charge is 2.29. The van der Waals surface area contributed by atoms with E-state index < -0.39 is 15.9 Å². The first-order chi connectivity index (χ1) is 13.2. The summed E-state index contributed by atoms with van der Waals surface area (Å²) in [6, 6.07) is 5.89. The van der Waals surface area contributed by atoms with Crippen LogP contribution in [0.25, 0.3) is 0 Å². The number of primary sulfonamides is 1. The average Bonchev–Trinajstić information content (AvgIpc) is 3.38. The van der Waals surface area contributed by atoms with Crippen molar-refractivity contribution in [2.75, 3.05) is 11.1 Å². The molecule has 5 N–H and O–H groups in total. The third-order valence-corrected chi connectivity index (χ3v) is 5.91. The number of thioether (sulfide) groups is 1. The number of sulfonamides is 1. The number of anilines is 1. The Labute approximate surface area is 166 Å². The molecule has 150 valence electrons. The number of nitrogens with two attached hydrogens (primary N) is 2. The Balaban J connectivity index is 1.59. The van der Waals surface area contributed by atoms with Crippen molar-refractivity contribution in [3.8, 4) is 0 Å². The maximum atomic E-state index is 12.2. The molecule has 1 saturated carbocycles. The van der Waals surface area contributed by atoms with E-state index in [1.54, 1.807) is 0 Å². The average molecular weight is 425 g/mol. The first-order valence-corrected chi connectivity index (χ1v) is 11.0. The van der Waals surface area contributed by atoms with E-state index in [1.807, 2.05) is 4.57 Å². The summed E-state index contributed by atoms with van der Waals surface area (Å²) < 4.78 is 24.5. The van der Waals surface area contributed by atoms with E-state index in [9.17, 15) is 18.0 Å². The Bertz CT molecular complexity index is 983. The van der Waals surface area contributed by atoms with Gasteiger partial charge in [-0.15, -0.1) is 10.2 Å². The Kier molecular flexibility index (Phi) is 6.01. The standard InChI is InChI=1S/C16H20N6O4S2/c17-13(23)7-8-14-20-21-16(22(14)11-3-4-11)27-9-15(24)19-10-1-5-12(6-2-10)28(18,25)26/h1-2,5-6,11H,3-4,7-9H2,(H2,17,23)(H,19,24)(H2,18,25,26). The second kappa shape index (κ2) is 8.29. The first kappa shape index (κ1) is 20.3. The van der Waals surface area contributed by atoms with Crippen molar-refractivity contribution in [1.29, 1.82) is 0 Å². The molecule has 0 bridgehead atoms. The summed E-state index contributed by atoms with van der Waals surface area (Å²) in [5.74, 6) is 0.144. The van der Waals surface area contributed by atoms with Crippen LogP contribution in [0, 0.1) is 0 Å². The molecule has 2 aromatic rings. The Morgan fingerprint density at radius 1 is 1.21 bits per heavy atom. The summed E-state index contributed by atoms with van der Waals surface area (Å²) >= 11 is 1.25. The SMILES string of the molecule is NC(=O)CCc1nnc(SCC(=O)Nc2ccc(S(N)(=O)=O)cc2)n1C1CC1. The van der Waals surface area contributed by atoms with Crippen LogP contribution in [0.4, 0.5) is 5.69 Å². The van der Waals surface area contributed by atoms with E-state index in [0.717, 1.165) is 12.8 Å². The van der Waals surface area contributed by atoms with Crippen molar-refractivity contribution in [3.63, 3.8) is 0 Å². The van der Waals surface area contributed by atoms with Crippen LogP contribution in [0.5, 0.6) is 0 Å². The van der Waals surface area contributed by atoms with Gasteiger partial charge in [0, 0.05) is 24.6 Å². The minimum Gasteiger partial charge on any atom is -0.370 e. The summed E-state index contributed by atoms with van der Waals surface area (Å²) in [5.41, 5.74) is 5.66. The molecule has 0 spiro atoms. The molecular formula is C16H20N6O4S2. The third-order valence-electron chi connectivity index (χ3n) is 4.04. The van der Waals surface area contributed by atoms with E-state index >= 15 is 0 Å². The predicted molar refractivity (Wildman–Crippen MR) is 103 cm³/mol. The fourth-order valence-electron chi connectivity index (χ4n) is 2.57. The monoisotopic (exact) mass is 424 g/mol. The molecule has 10 nitrogen and oxygen atoms in total. The fraction of sp³-hybridized carbons (Fsp3) is 0.375. The third kappa shape index (κ3) is 5.30. The van der Waals surface area contributed by atoms with Gasteiger partial charge in [-0.3, -0.25) is 9.59 Å². The number of aromatic nitrogens is 3. The summed E-state index contributed by atoms with van der Waals surface area (Å²) in [4.78, 5) is 23.2. The van der Waals surface area contributed by atoms with Crippen LogP contribution in [0.3, 0.4) is 0 Å². The number of primary amides is 1. The van der Waals surface area contributed by atoms with Gasteiger partial charge in [-0.1, -0.05) is 11.8 Å². The molecule has 1 aliphatic carbocycles. The number of hydrogen-bond donors (Lipinski definition) is 3. The van der Waals surface area contributed by atoms with Crippen LogP contribution >= 0.6 is 11.8 Å². The predicted octanol–water partition coefficient (Wildman–Crippen LogP) is 0.409. The van der Waals surface area contributed by atoms with Crippen molar-refractivity contribution in [2.24, 2.45) is 10.9 Å². The smallest absolute Gasteiger partial charge is 0.238 e. The summed E-state index contributed by atoms with van der Waals surface area (Å²) in [7, 11) is -3.77. The van der Waals surface area contributed by atoms with Crippen molar-refractivity contribution in [1.82, 2.24) is 14.8 Å². The molecule has 1 heterocycles. The van der Waals surface area contributed by atoms with Crippen LogP contribution in [0.2, 0.25) is 0 Å². The lowest BCUT2D eigenvalue weighted by molar-refractivity contribution is -0.118. The molecule has 2 amide bonds. The van der Waals surface area contributed by atoms with Crippen molar-refractivity contribution >= 4 is 39.3 Å². The molecular weight excluding hydrogens is 404 g/mol. The highest BCUT2D eigenvalue weighted by atomic mass is 32.2. The normalized spacial score (nSPS) is 14.0. The molecule has 0 unspecified atom stereocenters. The Hall–Kier alpha value is -2.44. The molecule has 1 fully saturated rings. The lowest BCUT2D eigenvalue weighted by atomic mass is 10.3. The number of hydrogen-bond acceptors (Lipinski definition) is 7. The zero-order valence-electron chi connectivity index (χ0n) is 14.9. The van der Waals surface area contributed by atoms with Crippen molar-refractivity contribution in [3.05, 3.63) is 30.1 Å². The van der Waals surface area contributed by atoms with Gasteiger partial charge in [0.05, 0.1) is 10.6 Å². The second-order valence-electron chi connectivity index (χ2n) is 6.37. The molecule has 3 rings (SSSR count). The number of rotatable bonds is 9. The molecule has 0 radical (unpaired) electrons. The number of aryl methyl sites for hydroxylation is 1. The van der Waals surface area contributed by atoms with E-state index in [0.29, 0.717) is 29.1 Å². The number of nitrogens with one attached hydrogen (secondary N) is 1. The summed E-state index contributed by atoms with van der Waals surface area (Å²) in [6.07, 6.45) is 2.64. The molecule has 0 saturated heterocycles. The second-order valence-corrected chi connectivity index (χ2v) is 8.88. The summed E-state index contributed by atoms with van der Waals surface area (Å²) in [6.45, 7) is 0. The first-order valence-electron chi connectivity index (χ1n) is 8.51. The molecule has 0 aliphatic heterocycles. The van der Waals surface area contributed by atoms with Gasteiger partial charge in [0.15, 0.2) is 5.16 Å². The van der Waals surface area contributed by atoms with E-state index in [-0.39, 0.29) is 23.0 Å². The minimum atomic E-state index is -3.77. The summed E-state index contributed by atoms with van der Waals surface area (Å²) in [5, 5.41) is 16.6. The molecule has 0 atom stereocenters. The fourth-order valence-corrected chi connectivity index (χ4v) is 3.91. The van der Waals surface area contributed by atoms with E-state index in [4.69, 9.17) is 10.9 Å². The minimum absolute atomic E-state index is 0.0269. The van der Waals surface area contributed by atoms with Gasteiger partial charge in [0.25, 0.3) is 0 Å². The Morgan fingerprint density at radius 2 is 1.89 bits per heavy atom. The lowest BCUT2D eigenvalue weighted by Crippen LogP contribution is -2.16. The highest BCUT2D eigenvalue weighted by molar-refractivity contribution is 7.99. The van der Waals surface area contributed by atoms with Gasteiger partial charge in [0.2, 0.25) is 21.8 Å². The zero-order valence-corrected chi connectivity index (χ0v) is 16.5. The maximum absolute atomic E-state index is 12.2. The molecule has 12 heteroatoms. The zero-order chi connectivity index (χ0) is 20.3. The van der Waals surface area contributed by atoms with E-state index in [2.05, 4.69) is 15.5 Å². The lowest BCUT2D eigenvalue weighted by Gasteiger charge is -2.09. The largest absolute Gasteiger partial charge is 0.370 e. The van der Waals surface area contributed by atoms with Crippen LogP contribution in [0.1, 0.15) is 31.1 Å². The number of carbonyl (C=O) groups is 2. The highest BCUT2D eigenvalue weighted by Crippen LogP contribution is 2.39. The molecule has 28 heavy (non-hydrogen) atoms. The van der Waals surface area contributed by atoms with Gasteiger partial charge in [-0.05, 0) is 37.1 Å².